The van der Waals surface area contributed by atoms with Gasteiger partial charge in [0.1, 0.15) is 11.2 Å². The van der Waals surface area contributed by atoms with Crippen molar-refractivity contribution in [1.82, 2.24) is 4.57 Å². The average molecular weight is 885 g/mol. The lowest BCUT2D eigenvalue weighted by Gasteiger charge is -2.27. The van der Waals surface area contributed by atoms with Crippen LogP contribution in [0.1, 0.15) is 0 Å². The van der Waals surface area contributed by atoms with Crippen molar-refractivity contribution in [2.24, 2.45) is 0 Å². The third-order valence-corrected chi connectivity index (χ3v) is 15.0. The van der Waals surface area contributed by atoms with Gasteiger partial charge in [-0.2, -0.15) is 0 Å². The molecule has 0 aliphatic heterocycles. The van der Waals surface area contributed by atoms with Crippen LogP contribution in [0.3, 0.4) is 0 Å². The van der Waals surface area contributed by atoms with E-state index in [-0.39, 0.29) is 0 Å². The zero-order valence-electron chi connectivity index (χ0n) is 36.8. The van der Waals surface area contributed by atoms with Gasteiger partial charge in [-0.15, -0.1) is 11.3 Å². The highest BCUT2D eigenvalue weighted by molar-refractivity contribution is 7.26. The van der Waals surface area contributed by atoms with Gasteiger partial charge in [0.05, 0.1) is 11.0 Å². The first-order chi connectivity index (χ1) is 33.7. The summed E-state index contributed by atoms with van der Waals surface area (Å²) in [4.78, 5) is 2.42. The first-order valence-electron chi connectivity index (χ1n) is 23.1. The molecule has 0 amide bonds. The quantitative estimate of drug-likeness (QED) is 0.159. The SMILES string of the molecule is c1cc(-c2cc(N(c3ccc(-c4ccc5ccccc5c4)cc3)c3ccc(-c4cccc5c4oc4ccccc45)cc3)cc3c2sc2ccccc23)cc(-n2c3ccccc3c3ccccc32)c1. The Balaban J connectivity index is 0.958. The zero-order chi connectivity index (χ0) is 44.7. The maximum atomic E-state index is 6.51. The van der Waals surface area contributed by atoms with Crippen molar-refractivity contribution in [2.45, 2.75) is 0 Å². The second-order valence-corrected chi connectivity index (χ2v) is 18.7. The number of nitrogens with zero attached hydrogens (tertiary/aromatic N) is 2. The molecule has 0 fully saturated rings. The van der Waals surface area contributed by atoms with Gasteiger partial charge in [-0.3, -0.25) is 0 Å². The number of fused-ring (bicyclic) bond motifs is 10. The molecule has 0 spiro atoms. The number of furan rings is 1. The van der Waals surface area contributed by atoms with E-state index < -0.39 is 0 Å². The number of thiophene rings is 1. The Labute approximate surface area is 396 Å². The van der Waals surface area contributed by atoms with Crippen LogP contribution in [0.15, 0.2) is 247 Å². The maximum absolute atomic E-state index is 6.51. The van der Waals surface area contributed by atoms with Crippen molar-refractivity contribution in [2.75, 3.05) is 4.90 Å². The fourth-order valence-corrected chi connectivity index (χ4v) is 11.8. The monoisotopic (exact) mass is 884 g/mol. The van der Waals surface area contributed by atoms with E-state index in [1.165, 1.54) is 75.0 Å². The standard InChI is InChI=1S/C64H40N2OS/c1-2-14-44-37-45(28-27-41(44)13-1)42-29-33-47(34-30-42)65(48-35-31-43(32-36-48)51-21-12-22-56-54-19-5-9-25-61(54)67-63(51)56)50-39-57(64-58(40-50)55-20-6-10-26-62(55)68-64)46-15-11-16-49(38-46)66-59-23-7-3-17-52(59)53-18-4-8-24-60(53)66/h1-40H. The Kier molecular flexibility index (Phi) is 8.76. The van der Waals surface area contributed by atoms with Gasteiger partial charge >= 0.3 is 0 Å². The minimum Gasteiger partial charge on any atom is -0.455 e. The molecule has 14 aromatic rings. The van der Waals surface area contributed by atoms with Gasteiger partial charge in [0.2, 0.25) is 0 Å². The summed E-state index contributed by atoms with van der Waals surface area (Å²) >= 11 is 1.87. The molecule has 0 aliphatic carbocycles. The first-order valence-corrected chi connectivity index (χ1v) is 24.0. The summed E-state index contributed by atoms with van der Waals surface area (Å²) in [5.41, 5.74) is 15.5. The van der Waals surface area contributed by atoms with Crippen molar-refractivity contribution >= 4 is 103 Å². The van der Waals surface area contributed by atoms with Crippen LogP contribution in [-0.2, 0) is 0 Å². The molecule has 0 saturated heterocycles. The fourth-order valence-electron chi connectivity index (χ4n) is 10.6. The van der Waals surface area contributed by atoms with Crippen molar-refractivity contribution in [3.63, 3.8) is 0 Å². The van der Waals surface area contributed by atoms with E-state index in [0.717, 1.165) is 55.8 Å². The van der Waals surface area contributed by atoms with Gasteiger partial charge in [-0.1, -0.05) is 164 Å². The number of benzene rings is 11. The minimum atomic E-state index is 0.901. The lowest BCUT2D eigenvalue weighted by Crippen LogP contribution is -2.10. The molecule has 0 radical (unpaired) electrons. The number of para-hydroxylation sites is 4. The summed E-state index contributed by atoms with van der Waals surface area (Å²) in [6.07, 6.45) is 0. The van der Waals surface area contributed by atoms with Crippen LogP contribution in [0, 0.1) is 0 Å². The lowest BCUT2D eigenvalue weighted by atomic mass is 9.98. The van der Waals surface area contributed by atoms with Gasteiger partial charge < -0.3 is 13.9 Å². The highest BCUT2D eigenvalue weighted by Gasteiger charge is 2.21. The smallest absolute Gasteiger partial charge is 0.143 e. The van der Waals surface area contributed by atoms with E-state index in [9.17, 15) is 0 Å². The van der Waals surface area contributed by atoms with E-state index >= 15 is 0 Å². The lowest BCUT2D eigenvalue weighted by molar-refractivity contribution is 0.670. The van der Waals surface area contributed by atoms with Gasteiger partial charge in [0.25, 0.3) is 0 Å². The van der Waals surface area contributed by atoms with Gasteiger partial charge in [-0.25, -0.2) is 0 Å². The molecule has 3 aromatic heterocycles. The molecule has 3 heterocycles. The van der Waals surface area contributed by atoms with E-state index in [1.54, 1.807) is 0 Å². The largest absolute Gasteiger partial charge is 0.455 e. The Bertz CT molecular complexity index is 4210. The molecule has 0 bridgehead atoms. The number of anilines is 3. The van der Waals surface area contributed by atoms with Crippen molar-refractivity contribution in [3.05, 3.63) is 243 Å². The molecular formula is C64H40N2OS. The Morgan fingerprint density at radius 3 is 1.75 bits per heavy atom. The topological polar surface area (TPSA) is 21.3 Å². The number of rotatable bonds is 7. The Hall–Kier alpha value is -8.70. The third kappa shape index (κ3) is 6.19. The zero-order valence-corrected chi connectivity index (χ0v) is 37.6. The molecule has 68 heavy (non-hydrogen) atoms. The summed E-state index contributed by atoms with van der Waals surface area (Å²) in [7, 11) is 0. The third-order valence-electron chi connectivity index (χ3n) is 13.8. The van der Waals surface area contributed by atoms with Crippen molar-refractivity contribution in [3.8, 4) is 39.1 Å². The molecule has 0 unspecified atom stereocenters. The number of hydrogen-bond donors (Lipinski definition) is 0. The van der Waals surface area contributed by atoms with Crippen LogP contribution < -0.4 is 4.90 Å². The first kappa shape index (κ1) is 38.6. The summed E-state index contributed by atoms with van der Waals surface area (Å²) < 4.78 is 11.5. The number of aromatic nitrogens is 1. The van der Waals surface area contributed by atoms with Crippen LogP contribution in [0.4, 0.5) is 17.1 Å². The predicted octanol–water partition coefficient (Wildman–Crippen LogP) is 18.7. The number of hydrogen-bond acceptors (Lipinski definition) is 3. The molecule has 3 nitrogen and oxygen atoms in total. The molecular weight excluding hydrogens is 845 g/mol. The van der Waals surface area contributed by atoms with Crippen LogP contribution >= 0.6 is 11.3 Å². The molecule has 0 saturated carbocycles. The van der Waals surface area contributed by atoms with E-state index in [4.69, 9.17) is 4.42 Å². The molecule has 0 N–H and O–H groups in total. The summed E-state index contributed by atoms with van der Waals surface area (Å²) in [5, 5.41) is 9.75. The second-order valence-electron chi connectivity index (χ2n) is 17.7. The summed E-state index contributed by atoms with van der Waals surface area (Å²) in [5.74, 6) is 0. The van der Waals surface area contributed by atoms with Crippen LogP contribution in [0.2, 0.25) is 0 Å². The average Bonchev–Trinajstić information content (AvgIpc) is 4.09. The molecule has 4 heteroatoms. The second kappa shape index (κ2) is 15.5. The van der Waals surface area contributed by atoms with Crippen LogP contribution in [0.5, 0.6) is 0 Å². The highest BCUT2D eigenvalue weighted by Crippen LogP contribution is 2.47. The van der Waals surface area contributed by atoms with E-state index in [0.29, 0.717) is 0 Å². The Morgan fingerprint density at radius 1 is 0.353 bits per heavy atom. The molecule has 0 atom stereocenters. The van der Waals surface area contributed by atoms with Gasteiger partial charge in [-0.05, 0) is 112 Å². The molecule has 318 valence electrons. The van der Waals surface area contributed by atoms with Crippen molar-refractivity contribution in [1.29, 1.82) is 0 Å². The van der Waals surface area contributed by atoms with E-state index in [2.05, 4.69) is 240 Å². The van der Waals surface area contributed by atoms with Gasteiger partial charge in [0, 0.05) is 75.6 Å². The molecule has 11 aromatic carbocycles. The Morgan fingerprint density at radius 2 is 0.971 bits per heavy atom. The molecule has 14 rings (SSSR count). The molecule has 0 aliphatic rings. The van der Waals surface area contributed by atoms with Crippen molar-refractivity contribution < 1.29 is 4.42 Å². The van der Waals surface area contributed by atoms with Gasteiger partial charge in [0.15, 0.2) is 0 Å². The summed E-state index contributed by atoms with van der Waals surface area (Å²) in [6.45, 7) is 0. The fraction of sp³-hybridized carbons (Fsp3) is 0. The highest BCUT2D eigenvalue weighted by atomic mass is 32.1. The minimum absolute atomic E-state index is 0.901. The van der Waals surface area contributed by atoms with E-state index in [1.807, 2.05) is 23.5 Å². The predicted molar refractivity (Wildman–Crippen MR) is 289 cm³/mol. The maximum Gasteiger partial charge on any atom is 0.143 e. The summed E-state index contributed by atoms with van der Waals surface area (Å²) in [6, 6.07) is 88.3. The normalized spacial score (nSPS) is 11.8. The van der Waals surface area contributed by atoms with Crippen LogP contribution in [-0.4, -0.2) is 4.57 Å². The van der Waals surface area contributed by atoms with Crippen LogP contribution in [0.25, 0.3) is 114 Å².